The second-order valence-electron chi connectivity index (χ2n) is 10.6. The molecular formula is C38H27N. The number of hydrogen-bond donors (Lipinski definition) is 0. The van der Waals surface area contributed by atoms with Gasteiger partial charge in [-0.15, -0.1) is 0 Å². The van der Waals surface area contributed by atoms with Crippen LogP contribution in [0.5, 0.6) is 0 Å². The second-order valence-corrected chi connectivity index (χ2v) is 10.6. The molecule has 0 amide bonds. The van der Waals surface area contributed by atoms with Crippen molar-refractivity contribution < 1.29 is 0 Å². The summed E-state index contributed by atoms with van der Waals surface area (Å²) in [5.41, 5.74) is 15.2. The van der Waals surface area contributed by atoms with Gasteiger partial charge in [0.25, 0.3) is 0 Å². The van der Waals surface area contributed by atoms with Crippen LogP contribution in [-0.4, -0.2) is 0 Å². The van der Waals surface area contributed by atoms with Crippen LogP contribution in [-0.2, 0) is 5.41 Å². The topological polar surface area (TPSA) is 3.24 Å². The van der Waals surface area contributed by atoms with Crippen molar-refractivity contribution in [3.05, 3.63) is 173 Å². The molecule has 184 valence electrons. The fraction of sp³-hybridized carbons (Fsp3) is 0.0526. The molecule has 1 spiro atoms. The highest BCUT2D eigenvalue weighted by Crippen LogP contribution is 2.63. The Morgan fingerprint density at radius 2 is 0.897 bits per heavy atom. The number of nitrogens with zero attached hydrogens (tertiary/aromatic N) is 1. The molecule has 1 atom stereocenters. The summed E-state index contributed by atoms with van der Waals surface area (Å²) < 4.78 is 0. The maximum Gasteiger partial charge on any atom is 0.0726 e. The zero-order chi connectivity index (χ0) is 26.0. The molecule has 2 aliphatic rings. The van der Waals surface area contributed by atoms with E-state index in [0.717, 1.165) is 17.1 Å². The van der Waals surface area contributed by atoms with E-state index < -0.39 is 0 Å². The first kappa shape index (κ1) is 22.1. The van der Waals surface area contributed by atoms with Gasteiger partial charge in [0, 0.05) is 17.1 Å². The Labute approximate surface area is 229 Å². The first-order valence-electron chi connectivity index (χ1n) is 13.6. The lowest BCUT2D eigenvalue weighted by molar-refractivity contribution is 0.793. The first-order chi connectivity index (χ1) is 19.3. The minimum Gasteiger partial charge on any atom is -0.310 e. The van der Waals surface area contributed by atoms with Crippen LogP contribution in [0.4, 0.5) is 17.1 Å². The Kier molecular flexibility index (Phi) is 4.72. The smallest absolute Gasteiger partial charge is 0.0726 e. The Bertz CT molecular complexity index is 1830. The van der Waals surface area contributed by atoms with Gasteiger partial charge in [0.15, 0.2) is 0 Å². The molecule has 0 saturated heterocycles. The summed E-state index contributed by atoms with van der Waals surface area (Å²) in [5, 5.41) is 0. The van der Waals surface area contributed by atoms with Crippen molar-refractivity contribution in [3.8, 4) is 22.3 Å². The van der Waals surface area contributed by atoms with Crippen LogP contribution in [0, 0.1) is 6.92 Å². The van der Waals surface area contributed by atoms with Crippen LogP contribution in [0.3, 0.4) is 0 Å². The number of rotatable bonds is 3. The fourth-order valence-corrected chi connectivity index (χ4v) is 6.99. The number of benzene rings is 6. The first-order valence-corrected chi connectivity index (χ1v) is 13.6. The molecule has 0 heterocycles. The summed E-state index contributed by atoms with van der Waals surface area (Å²) in [6.07, 6.45) is 0. The zero-order valence-corrected chi connectivity index (χ0v) is 21.8. The van der Waals surface area contributed by atoms with E-state index in [4.69, 9.17) is 0 Å². The molecule has 6 aromatic rings. The van der Waals surface area contributed by atoms with Crippen molar-refractivity contribution in [3.63, 3.8) is 0 Å². The third kappa shape index (κ3) is 3.02. The maximum atomic E-state index is 2.45. The fourth-order valence-electron chi connectivity index (χ4n) is 6.99. The summed E-state index contributed by atoms with van der Waals surface area (Å²) >= 11 is 0. The minimum atomic E-state index is -0.347. The van der Waals surface area contributed by atoms with Crippen molar-refractivity contribution >= 4 is 17.1 Å². The largest absolute Gasteiger partial charge is 0.310 e. The van der Waals surface area contributed by atoms with Gasteiger partial charge in [0.05, 0.1) is 5.41 Å². The zero-order valence-electron chi connectivity index (χ0n) is 21.8. The van der Waals surface area contributed by atoms with Gasteiger partial charge in [-0.3, -0.25) is 0 Å². The van der Waals surface area contributed by atoms with Gasteiger partial charge in [0.1, 0.15) is 0 Å². The molecule has 0 N–H and O–H groups in total. The summed E-state index contributed by atoms with van der Waals surface area (Å²) in [5.74, 6) is 0. The predicted octanol–water partition coefficient (Wildman–Crippen LogP) is 9.81. The normalized spacial score (nSPS) is 15.9. The molecule has 1 unspecified atom stereocenters. The van der Waals surface area contributed by atoms with E-state index in [9.17, 15) is 0 Å². The van der Waals surface area contributed by atoms with E-state index in [2.05, 4.69) is 157 Å². The lowest BCUT2D eigenvalue weighted by atomic mass is 9.70. The van der Waals surface area contributed by atoms with E-state index in [1.807, 2.05) is 0 Å². The third-order valence-electron chi connectivity index (χ3n) is 8.52. The van der Waals surface area contributed by atoms with Crippen molar-refractivity contribution in [1.29, 1.82) is 0 Å². The molecule has 6 aromatic carbocycles. The summed E-state index contributed by atoms with van der Waals surface area (Å²) in [7, 11) is 0. The molecule has 0 aliphatic heterocycles. The third-order valence-corrected chi connectivity index (χ3v) is 8.52. The van der Waals surface area contributed by atoms with Crippen molar-refractivity contribution in [2.45, 2.75) is 12.3 Å². The molecule has 0 radical (unpaired) electrons. The summed E-state index contributed by atoms with van der Waals surface area (Å²) in [6.45, 7) is 2.19. The average Bonchev–Trinajstić information content (AvgIpc) is 3.45. The van der Waals surface area contributed by atoms with Crippen molar-refractivity contribution in [2.75, 3.05) is 4.90 Å². The van der Waals surface area contributed by atoms with E-state index in [-0.39, 0.29) is 5.41 Å². The van der Waals surface area contributed by atoms with Gasteiger partial charge < -0.3 is 4.90 Å². The molecular weight excluding hydrogens is 470 g/mol. The molecule has 39 heavy (non-hydrogen) atoms. The van der Waals surface area contributed by atoms with E-state index in [0.29, 0.717) is 0 Å². The van der Waals surface area contributed by atoms with E-state index in [1.54, 1.807) is 0 Å². The minimum absolute atomic E-state index is 0.347. The molecule has 0 bridgehead atoms. The van der Waals surface area contributed by atoms with Gasteiger partial charge in [-0.05, 0) is 87.8 Å². The van der Waals surface area contributed by atoms with Crippen LogP contribution in [0.15, 0.2) is 146 Å². The maximum absolute atomic E-state index is 2.45. The molecule has 1 nitrogen and oxygen atoms in total. The standard InChI is InChI=1S/C38H27N/c1-26-20-23-36-33(24-26)31-17-9-11-19-35(31)38(36)34-18-10-8-16-30(34)32-22-21-29(25-37(32)38)39(27-12-4-2-5-13-27)28-14-6-3-7-15-28/h2-25H,1H3. The number of hydrogen-bond acceptors (Lipinski definition) is 1. The van der Waals surface area contributed by atoms with Gasteiger partial charge in [-0.1, -0.05) is 115 Å². The van der Waals surface area contributed by atoms with Crippen LogP contribution in [0.2, 0.25) is 0 Å². The molecule has 2 aliphatic carbocycles. The highest BCUT2D eigenvalue weighted by molar-refractivity contribution is 5.96. The number of anilines is 3. The van der Waals surface area contributed by atoms with Crippen LogP contribution < -0.4 is 4.90 Å². The summed E-state index contributed by atoms with van der Waals surface area (Å²) in [6, 6.07) is 53.5. The van der Waals surface area contributed by atoms with Crippen molar-refractivity contribution in [2.24, 2.45) is 0 Å². The average molecular weight is 498 g/mol. The van der Waals surface area contributed by atoms with Crippen LogP contribution in [0.25, 0.3) is 22.3 Å². The number of aryl methyl sites for hydroxylation is 1. The Morgan fingerprint density at radius 1 is 0.385 bits per heavy atom. The van der Waals surface area contributed by atoms with Crippen LogP contribution >= 0.6 is 0 Å². The molecule has 0 fully saturated rings. The SMILES string of the molecule is Cc1ccc2c(c1)-c1ccccc1C21c2ccccc2-c2ccc(N(c3ccccc3)c3ccccc3)cc21. The number of para-hydroxylation sites is 2. The Morgan fingerprint density at radius 3 is 1.54 bits per heavy atom. The second kappa shape index (κ2) is 8.31. The van der Waals surface area contributed by atoms with E-state index in [1.165, 1.54) is 50.1 Å². The summed E-state index contributed by atoms with van der Waals surface area (Å²) in [4.78, 5) is 2.37. The molecule has 0 aromatic heterocycles. The van der Waals surface area contributed by atoms with Gasteiger partial charge in [0.2, 0.25) is 0 Å². The highest BCUT2D eigenvalue weighted by atomic mass is 15.1. The van der Waals surface area contributed by atoms with Gasteiger partial charge >= 0.3 is 0 Å². The van der Waals surface area contributed by atoms with Gasteiger partial charge in [-0.2, -0.15) is 0 Å². The quantitative estimate of drug-likeness (QED) is 0.235. The lowest BCUT2D eigenvalue weighted by Crippen LogP contribution is -2.26. The lowest BCUT2D eigenvalue weighted by Gasteiger charge is -2.32. The highest BCUT2D eigenvalue weighted by Gasteiger charge is 2.51. The molecule has 1 heteroatoms. The molecule has 8 rings (SSSR count). The van der Waals surface area contributed by atoms with Crippen molar-refractivity contribution in [1.82, 2.24) is 0 Å². The molecule has 0 saturated carbocycles. The monoisotopic (exact) mass is 497 g/mol. The van der Waals surface area contributed by atoms with E-state index >= 15 is 0 Å². The number of fused-ring (bicyclic) bond motifs is 10. The Balaban J connectivity index is 1.46. The Hall–Kier alpha value is -4.88. The van der Waals surface area contributed by atoms with Crippen LogP contribution in [0.1, 0.15) is 27.8 Å². The predicted molar refractivity (Wildman–Crippen MR) is 162 cm³/mol. The van der Waals surface area contributed by atoms with Gasteiger partial charge in [-0.25, -0.2) is 0 Å².